The SMILES string of the molecule is Cc1cnc(CN(CCCCN(C)C)CC2=NC=CC(C)C2C(C)(C)c2ccccc2)c(C)c1. The lowest BCUT2D eigenvalue weighted by molar-refractivity contribution is 0.267. The average Bonchev–Trinajstić information content (AvgIpc) is 2.78. The summed E-state index contributed by atoms with van der Waals surface area (Å²) in [6.45, 7) is 15.3. The van der Waals surface area contributed by atoms with Gasteiger partial charge in [-0.25, -0.2) is 0 Å². The van der Waals surface area contributed by atoms with Gasteiger partial charge < -0.3 is 4.90 Å². The van der Waals surface area contributed by atoms with Crippen LogP contribution in [0.15, 0.2) is 59.9 Å². The lowest BCUT2D eigenvalue weighted by Crippen LogP contribution is -2.44. The molecule has 4 nitrogen and oxygen atoms in total. The van der Waals surface area contributed by atoms with E-state index in [-0.39, 0.29) is 5.41 Å². The predicted octanol–water partition coefficient (Wildman–Crippen LogP) is 6.04. The van der Waals surface area contributed by atoms with Crippen LogP contribution in [0.2, 0.25) is 0 Å². The van der Waals surface area contributed by atoms with E-state index in [0.717, 1.165) is 26.2 Å². The molecular formula is C30H44N4. The van der Waals surface area contributed by atoms with E-state index in [1.165, 1.54) is 40.9 Å². The molecular weight excluding hydrogens is 416 g/mol. The fraction of sp³-hybridized carbons (Fsp3) is 0.533. The van der Waals surface area contributed by atoms with Gasteiger partial charge in [-0.05, 0) is 81.9 Å². The van der Waals surface area contributed by atoms with E-state index in [0.29, 0.717) is 11.8 Å². The number of nitrogens with zero attached hydrogens (tertiary/aromatic N) is 4. The fourth-order valence-corrected chi connectivity index (χ4v) is 5.36. The molecule has 0 fully saturated rings. The van der Waals surface area contributed by atoms with Crippen molar-refractivity contribution in [2.24, 2.45) is 16.8 Å². The molecule has 2 unspecified atom stereocenters. The monoisotopic (exact) mass is 460 g/mol. The summed E-state index contributed by atoms with van der Waals surface area (Å²) in [5.41, 5.74) is 6.35. The van der Waals surface area contributed by atoms with Gasteiger partial charge in [-0.2, -0.15) is 0 Å². The number of aliphatic imine (C=N–C) groups is 1. The molecule has 0 N–H and O–H groups in total. The largest absolute Gasteiger partial charge is 0.309 e. The quantitative estimate of drug-likeness (QED) is 0.383. The molecule has 2 heterocycles. The number of hydrogen-bond donors (Lipinski definition) is 0. The number of hydrogen-bond acceptors (Lipinski definition) is 4. The van der Waals surface area contributed by atoms with Crippen LogP contribution in [-0.4, -0.2) is 54.2 Å². The maximum Gasteiger partial charge on any atom is 0.0573 e. The van der Waals surface area contributed by atoms with Crippen molar-refractivity contribution in [2.75, 3.05) is 33.7 Å². The van der Waals surface area contributed by atoms with Crippen LogP contribution in [0.5, 0.6) is 0 Å². The topological polar surface area (TPSA) is 31.7 Å². The maximum absolute atomic E-state index is 4.99. The lowest BCUT2D eigenvalue weighted by atomic mass is 9.65. The van der Waals surface area contributed by atoms with Gasteiger partial charge in [0.05, 0.1) is 5.69 Å². The summed E-state index contributed by atoms with van der Waals surface area (Å²) >= 11 is 0. The Morgan fingerprint density at radius 2 is 1.68 bits per heavy atom. The van der Waals surface area contributed by atoms with Gasteiger partial charge in [0, 0.05) is 37.1 Å². The summed E-state index contributed by atoms with van der Waals surface area (Å²) in [5.74, 6) is 0.800. The minimum atomic E-state index is -0.00110. The highest BCUT2D eigenvalue weighted by Gasteiger charge is 2.39. The highest BCUT2D eigenvalue weighted by Crippen LogP contribution is 2.39. The molecule has 2 atom stereocenters. The van der Waals surface area contributed by atoms with Gasteiger partial charge in [0.1, 0.15) is 0 Å². The van der Waals surface area contributed by atoms with Crippen molar-refractivity contribution in [3.63, 3.8) is 0 Å². The van der Waals surface area contributed by atoms with Crippen LogP contribution < -0.4 is 0 Å². The minimum Gasteiger partial charge on any atom is -0.309 e. The van der Waals surface area contributed by atoms with Gasteiger partial charge in [-0.15, -0.1) is 0 Å². The Kier molecular flexibility index (Phi) is 9.21. The normalized spacial score (nSPS) is 18.6. The van der Waals surface area contributed by atoms with Crippen LogP contribution in [0.25, 0.3) is 0 Å². The number of benzene rings is 1. The van der Waals surface area contributed by atoms with E-state index < -0.39 is 0 Å². The first-order chi connectivity index (χ1) is 16.2. The second kappa shape index (κ2) is 11.9. The van der Waals surface area contributed by atoms with Crippen LogP contribution in [0.3, 0.4) is 0 Å². The van der Waals surface area contributed by atoms with Crippen molar-refractivity contribution in [1.82, 2.24) is 14.8 Å². The van der Waals surface area contributed by atoms with E-state index in [4.69, 9.17) is 9.98 Å². The van der Waals surface area contributed by atoms with E-state index in [1.807, 2.05) is 12.4 Å². The third-order valence-electron chi connectivity index (χ3n) is 7.22. The molecule has 0 spiro atoms. The summed E-state index contributed by atoms with van der Waals surface area (Å²) < 4.78 is 0. The Labute approximate surface area is 207 Å². The Morgan fingerprint density at radius 1 is 0.971 bits per heavy atom. The van der Waals surface area contributed by atoms with Crippen LogP contribution >= 0.6 is 0 Å². The number of pyridine rings is 1. The zero-order valence-electron chi connectivity index (χ0n) is 22.4. The minimum absolute atomic E-state index is 0.00110. The predicted molar refractivity (Wildman–Crippen MR) is 145 cm³/mol. The second-order valence-electron chi connectivity index (χ2n) is 10.9. The maximum atomic E-state index is 4.99. The molecule has 2 aromatic rings. The van der Waals surface area contributed by atoms with Crippen molar-refractivity contribution < 1.29 is 0 Å². The third kappa shape index (κ3) is 6.86. The Balaban J connectivity index is 1.84. The third-order valence-corrected chi connectivity index (χ3v) is 7.22. The van der Waals surface area contributed by atoms with Crippen molar-refractivity contribution in [2.45, 2.75) is 59.4 Å². The smallest absolute Gasteiger partial charge is 0.0573 e. The van der Waals surface area contributed by atoms with Crippen molar-refractivity contribution in [1.29, 1.82) is 0 Å². The number of aryl methyl sites for hydroxylation is 2. The van der Waals surface area contributed by atoms with Crippen LogP contribution in [-0.2, 0) is 12.0 Å². The fourth-order valence-electron chi connectivity index (χ4n) is 5.36. The average molecular weight is 461 g/mol. The number of allylic oxidation sites excluding steroid dienone is 1. The van der Waals surface area contributed by atoms with Gasteiger partial charge >= 0.3 is 0 Å². The van der Waals surface area contributed by atoms with Crippen LogP contribution in [0.4, 0.5) is 0 Å². The van der Waals surface area contributed by atoms with E-state index in [1.54, 1.807) is 0 Å². The van der Waals surface area contributed by atoms with Crippen molar-refractivity contribution in [3.05, 3.63) is 77.3 Å². The molecule has 0 amide bonds. The van der Waals surface area contributed by atoms with Gasteiger partial charge in [0.25, 0.3) is 0 Å². The zero-order valence-corrected chi connectivity index (χ0v) is 22.4. The first kappa shape index (κ1) is 26.3. The number of aromatic nitrogens is 1. The second-order valence-corrected chi connectivity index (χ2v) is 10.9. The summed E-state index contributed by atoms with van der Waals surface area (Å²) in [4.78, 5) is 14.6. The molecule has 0 aliphatic carbocycles. The van der Waals surface area contributed by atoms with E-state index in [9.17, 15) is 0 Å². The Hall–Kier alpha value is -2.30. The van der Waals surface area contributed by atoms with Gasteiger partial charge in [0.15, 0.2) is 0 Å². The molecule has 1 aliphatic heterocycles. The molecule has 1 aromatic heterocycles. The van der Waals surface area contributed by atoms with E-state index >= 15 is 0 Å². The van der Waals surface area contributed by atoms with Gasteiger partial charge in [0.2, 0.25) is 0 Å². The molecule has 0 saturated carbocycles. The Morgan fingerprint density at radius 3 is 2.35 bits per heavy atom. The van der Waals surface area contributed by atoms with Crippen molar-refractivity contribution in [3.8, 4) is 0 Å². The number of unbranched alkanes of at least 4 members (excludes halogenated alkanes) is 1. The summed E-state index contributed by atoms with van der Waals surface area (Å²) in [6, 6.07) is 13.2. The van der Waals surface area contributed by atoms with E-state index in [2.05, 4.69) is 101 Å². The summed E-state index contributed by atoms with van der Waals surface area (Å²) in [5, 5.41) is 0. The van der Waals surface area contributed by atoms with Crippen LogP contribution in [0, 0.1) is 25.7 Å². The lowest BCUT2D eigenvalue weighted by Gasteiger charge is -2.41. The molecule has 3 rings (SSSR count). The molecule has 1 aliphatic rings. The highest BCUT2D eigenvalue weighted by molar-refractivity contribution is 5.91. The molecule has 4 heteroatoms. The molecule has 34 heavy (non-hydrogen) atoms. The summed E-state index contributed by atoms with van der Waals surface area (Å²) in [6.07, 6.45) is 8.67. The zero-order chi connectivity index (χ0) is 24.7. The molecule has 0 saturated heterocycles. The molecule has 1 aromatic carbocycles. The first-order valence-electron chi connectivity index (χ1n) is 12.8. The Bertz CT molecular complexity index is 975. The standard InChI is InChI=1S/C30H44N4/c1-23-19-25(3)27(32-20-23)21-34(18-12-11-17-33(6)7)22-28-29(24(2)15-16-31-28)30(4,5)26-13-9-8-10-14-26/h8-10,13-16,19-20,24,29H,11-12,17-18,21-22H2,1-7H3. The van der Waals surface area contributed by atoms with Crippen molar-refractivity contribution >= 4 is 5.71 Å². The van der Waals surface area contributed by atoms with Gasteiger partial charge in [-0.3, -0.25) is 14.9 Å². The molecule has 0 bridgehead atoms. The highest BCUT2D eigenvalue weighted by atomic mass is 15.1. The van der Waals surface area contributed by atoms with Gasteiger partial charge in [-0.1, -0.05) is 63.2 Å². The molecule has 0 radical (unpaired) electrons. The first-order valence-corrected chi connectivity index (χ1v) is 12.8. The van der Waals surface area contributed by atoms with Crippen LogP contribution in [0.1, 0.15) is 56.0 Å². The summed E-state index contributed by atoms with van der Waals surface area (Å²) in [7, 11) is 4.30. The molecule has 184 valence electrons. The number of rotatable bonds is 11.